The van der Waals surface area contributed by atoms with Crippen LogP contribution in [0.3, 0.4) is 0 Å². The molecule has 1 amide bonds. The van der Waals surface area contributed by atoms with Crippen molar-refractivity contribution in [3.63, 3.8) is 0 Å². The number of carbonyl (C=O) groups is 1. The molecule has 6 heteroatoms. The summed E-state index contributed by atoms with van der Waals surface area (Å²) in [5.74, 6) is 2.20. The second kappa shape index (κ2) is 10.2. The van der Waals surface area contributed by atoms with Gasteiger partial charge in [-0.2, -0.15) is 0 Å². The quantitative estimate of drug-likeness (QED) is 0.514. The van der Waals surface area contributed by atoms with Crippen LogP contribution in [0.15, 0.2) is 60.7 Å². The first-order valence-corrected chi connectivity index (χ1v) is 12.0. The molecule has 0 spiro atoms. The molecule has 1 aliphatic rings. The molecule has 178 valence electrons. The van der Waals surface area contributed by atoms with Gasteiger partial charge in [-0.1, -0.05) is 52.0 Å². The minimum atomic E-state index is -0.201. The van der Waals surface area contributed by atoms with Crippen LogP contribution in [0.2, 0.25) is 0 Å². The first-order valence-electron chi connectivity index (χ1n) is 12.0. The van der Waals surface area contributed by atoms with Crippen LogP contribution >= 0.6 is 0 Å². The van der Waals surface area contributed by atoms with Crippen molar-refractivity contribution in [2.24, 2.45) is 5.92 Å². The van der Waals surface area contributed by atoms with E-state index in [9.17, 15) is 4.79 Å². The summed E-state index contributed by atoms with van der Waals surface area (Å²) in [5.41, 5.74) is 3.80. The fourth-order valence-corrected chi connectivity index (χ4v) is 4.01. The Morgan fingerprint density at radius 3 is 2.24 bits per heavy atom. The van der Waals surface area contributed by atoms with E-state index in [4.69, 9.17) is 4.74 Å². The number of carbonyl (C=O) groups excluding carboxylic acids is 1. The van der Waals surface area contributed by atoms with E-state index in [2.05, 4.69) is 48.1 Å². The van der Waals surface area contributed by atoms with Crippen molar-refractivity contribution in [2.75, 3.05) is 29.9 Å². The average Bonchev–Trinajstić information content (AvgIpc) is 2.84. The van der Waals surface area contributed by atoms with Gasteiger partial charge < -0.3 is 15.0 Å². The van der Waals surface area contributed by atoms with Gasteiger partial charge in [-0.3, -0.25) is 4.79 Å². The van der Waals surface area contributed by atoms with E-state index in [0.29, 0.717) is 11.4 Å². The smallest absolute Gasteiger partial charge is 0.262 e. The van der Waals surface area contributed by atoms with Gasteiger partial charge in [0.1, 0.15) is 5.75 Å². The highest BCUT2D eigenvalue weighted by Crippen LogP contribution is 2.25. The molecular formula is C28H34N4O2. The van der Waals surface area contributed by atoms with Crippen molar-refractivity contribution in [1.29, 1.82) is 0 Å². The van der Waals surface area contributed by atoms with Gasteiger partial charge >= 0.3 is 0 Å². The Kier molecular flexibility index (Phi) is 7.15. The summed E-state index contributed by atoms with van der Waals surface area (Å²) in [4.78, 5) is 14.6. The van der Waals surface area contributed by atoms with Crippen LogP contribution in [-0.4, -0.2) is 35.8 Å². The maximum Gasteiger partial charge on any atom is 0.262 e. The van der Waals surface area contributed by atoms with Crippen LogP contribution in [0.1, 0.15) is 46.1 Å². The molecule has 0 radical (unpaired) electrons. The lowest BCUT2D eigenvalue weighted by atomic mass is 9.87. The maximum atomic E-state index is 12.3. The molecule has 0 aliphatic carbocycles. The largest absolute Gasteiger partial charge is 0.484 e. The molecule has 0 atom stereocenters. The lowest BCUT2D eigenvalue weighted by molar-refractivity contribution is -0.118. The molecule has 1 aromatic heterocycles. The summed E-state index contributed by atoms with van der Waals surface area (Å²) < 4.78 is 5.63. The molecule has 3 aromatic rings. The predicted octanol–water partition coefficient (Wildman–Crippen LogP) is 5.69. The van der Waals surface area contributed by atoms with Crippen molar-refractivity contribution < 1.29 is 9.53 Å². The van der Waals surface area contributed by atoms with E-state index in [1.165, 1.54) is 18.4 Å². The number of piperidine rings is 1. The Balaban J connectivity index is 1.29. The second-order valence-corrected chi connectivity index (χ2v) is 10.1. The van der Waals surface area contributed by atoms with Crippen molar-refractivity contribution in [1.82, 2.24) is 10.2 Å². The average molecular weight is 459 g/mol. The number of hydrogen-bond acceptors (Lipinski definition) is 5. The molecule has 1 fully saturated rings. The number of amides is 1. The summed E-state index contributed by atoms with van der Waals surface area (Å²) in [6.07, 6.45) is 2.40. The highest BCUT2D eigenvalue weighted by molar-refractivity contribution is 5.92. The number of ether oxygens (including phenoxy) is 1. The Hall–Kier alpha value is -3.41. The van der Waals surface area contributed by atoms with Gasteiger partial charge in [0.05, 0.1) is 5.69 Å². The standard InChI is InChI=1S/C28H34N4O2/c1-20-15-17-32(18-16-20)26-14-13-25(30-31-26)21-5-9-23(10-6-21)29-27(33)19-34-24-11-7-22(8-12-24)28(2,3)4/h5-14,20H,15-19H2,1-4H3,(H,29,33). The van der Waals surface area contributed by atoms with Gasteiger partial charge in [0.15, 0.2) is 12.4 Å². The normalized spacial score (nSPS) is 14.6. The topological polar surface area (TPSA) is 67.4 Å². The lowest BCUT2D eigenvalue weighted by Crippen LogP contribution is -2.33. The zero-order valence-electron chi connectivity index (χ0n) is 20.5. The summed E-state index contributed by atoms with van der Waals surface area (Å²) in [6.45, 7) is 10.8. The van der Waals surface area contributed by atoms with Gasteiger partial charge in [0.25, 0.3) is 5.91 Å². The molecule has 4 rings (SSSR count). The minimum absolute atomic E-state index is 0.0428. The van der Waals surface area contributed by atoms with Crippen LogP contribution in [0.5, 0.6) is 5.75 Å². The van der Waals surface area contributed by atoms with E-state index in [0.717, 1.165) is 36.1 Å². The Labute approximate surface area is 202 Å². The Morgan fingerprint density at radius 2 is 1.65 bits per heavy atom. The molecule has 0 unspecified atom stereocenters. The Bertz CT molecular complexity index is 1080. The first kappa shape index (κ1) is 23.7. The van der Waals surface area contributed by atoms with Gasteiger partial charge in [0, 0.05) is 24.3 Å². The van der Waals surface area contributed by atoms with Gasteiger partial charge in [-0.15, -0.1) is 10.2 Å². The number of nitrogens with zero attached hydrogens (tertiary/aromatic N) is 3. The predicted molar refractivity (Wildman–Crippen MR) is 137 cm³/mol. The number of benzene rings is 2. The SMILES string of the molecule is CC1CCN(c2ccc(-c3ccc(NC(=O)COc4ccc(C(C)(C)C)cc4)cc3)nn2)CC1. The molecule has 1 aliphatic heterocycles. The van der Waals surface area contributed by atoms with Gasteiger partial charge in [0.2, 0.25) is 0 Å². The number of anilines is 2. The summed E-state index contributed by atoms with van der Waals surface area (Å²) in [6, 6.07) is 19.5. The van der Waals surface area contributed by atoms with E-state index < -0.39 is 0 Å². The van der Waals surface area contributed by atoms with Crippen LogP contribution < -0.4 is 15.0 Å². The monoisotopic (exact) mass is 458 g/mol. The number of rotatable bonds is 6. The fourth-order valence-electron chi connectivity index (χ4n) is 4.01. The third kappa shape index (κ3) is 6.13. The molecule has 0 saturated carbocycles. The second-order valence-electron chi connectivity index (χ2n) is 10.1. The molecule has 34 heavy (non-hydrogen) atoms. The molecule has 1 saturated heterocycles. The van der Waals surface area contributed by atoms with Crippen LogP contribution in [0, 0.1) is 5.92 Å². The van der Waals surface area contributed by atoms with Crippen molar-refractivity contribution >= 4 is 17.4 Å². The summed E-state index contributed by atoms with van der Waals surface area (Å²) in [5, 5.41) is 11.7. The molecule has 2 heterocycles. The zero-order chi connectivity index (χ0) is 24.1. The molecule has 0 bridgehead atoms. The number of aromatic nitrogens is 2. The molecule has 2 aromatic carbocycles. The number of nitrogens with one attached hydrogen (secondary N) is 1. The number of hydrogen-bond donors (Lipinski definition) is 1. The van der Waals surface area contributed by atoms with Crippen molar-refractivity contribution in [3.05, 3.63) is 66.2 Å². The Morgan fingerprint density at radius 1 is 0.971 bits per heavy atom. The highest BCUT2D eigenvalue weighted by Gasteiger charge is 2.17. The molecular weight excluding hydrogens is 424 g/mol. The fraction of sp³-hybridized carbons (Fsp3) is 0.393. The zero-order valence-corrected chi connectivity index (χ0v) is 20.5. The van der Waals surface area contributed by atoms with E-state index in [1.54, 1.807) is 0 Å². The van der Waals surface area contributed by atoms with Crippen molar-refractivity contribution in [2.45, 2.75) is 46.0 Å². The van der Waals surface area contributed by atoms with Crippen LogP contribution in [-0.2, 0) is 10.2 Å². The first-order chi connectivity index (χ1) is 16.3. The third-order valence-corrected chi connectivity index (χ3v) is 6.31. The van der Waals surface area contributed by atoms with E-state index >= 15 is 0 Å². The third-order valence-electron chi connectivity index (χ3n) is 6.31. The summed E-state index contributed by atoms with van der Waals surface area (Å²) >= 11 is 0. The van der Waals surface area contributed by atoms with Crippen LogP contribution in [0.4, 0.5) is 11.5 Å². The maximum absolute atomic E-state index is 12.3. The highest BCUT2D eigenvalue weighted by atomic mass is 16.5. The van der Waals surface area contributed by atoms with Gasteiger partial charge in [-0.25, -0.2) is 0 Å². The molecule has 6 nitrogen and oxygen atoms in total. The lowest BCUT2D eigenvalue weighted by Gasteiger charge is -2.30. The minimum Gasteiger partial charge on any atom is -0.484 e. The summed E-state index contributed by atoms with van der Waals surface area (Å²) in [7, 11) is 0. The van der Waals surface area contributed by atoms with E-state index in [1.807, 2.05) is 60.7 Å². The van der Waals surface area contributed by atoms with Gasteiger partial charge in [-0.05, 0) is 66.1 Å². The van der Waals surface area contributed by atoms with Crippen LogP contribution in [0.25, 0.3) is 11.3 Å². The van der Waals surface area contributed by atoms with Crippen molar-refractivity contribution in [3.8, 4) is 17.0 Å². The van der Waals surface area contributed by atoms with E-state index in [-0.39, 0.29) is 17.9 Å². The molecule has 1 N–H and O–H groups in total.